The number of morpholine rings is 1. The number of tetrazole rings is 1. The van der Waals surface area contributed by atoms with Gasteiger partial charge in [-0.2, -0.15) is 0 Å². The zero-order valence-corrected chi connectivity index (χ0v) is 15.0. The lowest BCUT2D eigenvalue weighted by Gasteiger charge is -2.42. The van der Waals surface area contributed by atoms with E-state index in [1.165, 1.54) is 24.1 Å². The van der Waals surface area contributed by atoms with Crippen LogP contribution in [0, 0.1) is 6.92 Å². The molecule has 2 saturated heterocycles. The molecule has 2 aliphatic rings. The molecule has 25 heavy (non-hydrogen) atoms. The molecule has 7 heteroatoms. The van der Waals surface area contributed by atoms with Crippen molar-refractivity contribution < 1.29 is 4.74 Å². The molecule has 2 aromatic rings. The van der Waals surface area contributed by atoms with Gasteiger partial charge in [-0.15, -0.1) is 5.10 Å². The first-order chi connectivity index (χ1) is 12.2. The average Bonchev–Trinajstić information content (AvgIpc) is 3.08. The van der Waals surface area contributed by atoms with Crippen molar-refractivity contribution in [3.63, 3.8) is 0 Å². The van der Waals surface area contributed by atoms with E-state index in [0.29, 0.717) is 6.04 Å². The molecule has 2 fully saturated rings. The molecule has 4 rings (SSSR count). The molecule has 0 bridgehead atoms. The van der Waals surface area contributed by atoms with Crippen molar-refractivity contribution in [2.75, 3.05) is 37.7 Å². The fraction of sp³-hybridized carbons (Fsp3) is 0.611. The number of anilines is 1. The highest BCUT2D eigenvalue weighted by molar-refractivity contribution is 5.53. The van der Waals surface area contributed by atoms with Crippen LogP contribution in [0.3, 0.4) is 0 Å². The van der Waals surface area contributed by atoms with E-state index in [0.717, 1.165) is 38.6 Å². The molecule has 0 aliphatic carbocycles. The van der Waals surface area contributed by atoms with Gasteiger partial charge in [0.1, 0.15) is 6.10 Å². The number of aryl methyl sites for hydroxylation is 2. The molecule has 1 unspecified atom stereocenters. The van der Waals surface area contributed by atoms with Gasteiger partial charge in [0.25, 0.3) is 0 Å². The zero-order chi connectivity index (χ0) is 17.2. The minimum absolute atomic E-state index is 0.0249. The second-order valence-electron chi connectivity index (χ2n) is 7.02. The Morgan fingerprint density at radius 3 is 2.64 bits per heavy atom. The Balaban J connectivity index is 1.37. The monoisotopic (exact) mass is 342 g/mol. The van der Waals surface area contributed by atoms with E-state index in [-0.39, 0.29) is 6.10 Å². The molecular weight excluding hydrogens is 316 g/mol. The highest BCUT2D eigenvalue weighted by atomic mass is 16.5. The van der Waals surface area contributed by atoms with Crippen molar-refractivity contribution in [3.8, 4) is 0 Å². The summed E-state index contributed by atoms with van der Waals surface area (Å²) in [7, 11) is 1.87. The molecule has 1 atom stereocenters. The Kier molecular flexibility index (Phi) is 4.67. The summed E-state index contributed by atoms with van der Waals surface area (Å²) in [5.74, 6) is 0.821. The van der Waals surface area contributed by atoms with Gasteiger partial charge in [0.2, 0.25) is 0 Å². The number of hydrogen-bond donors (Lipinski definition) is 0. The van der Waals surface area contributed by atoms with Crippen LogP contribution in [-0.4, -0.2) is 63.9 Å². The van der Waals surface area contributed by atoms with E-state index in [4.69, 9.17) is 4.74 Å². The van der Waals surface area contributed by atoms with Gasteiger partial charge in [0, 0.05) is 45.0 Å². The highest BCUT2D eigenvalue weighted by Crippen LogP contribution is 2.28. The van der Waals surface area contributed by atoms with Gasteiger partial charge in [-0.25, -0.2) is 4.68 Å². The number of piperidine rings is 1. The Labute approximate surface area is 148 Å². The van der Waals surface area contributed by atoms with E-state index in [1.54, 1.807) is 4.68 Å². The predicted octanol–water partition coefficient (Wildman–Crippen LogP) is 1.56. The molecule has 0 N–H and O–H groups in total. The van der Waals surface area contributed by atoms with Crippen LogP contribution in [0.5, 0.6) is 0 Å². The van der Waals surface area contributed by atoms with Crippen LogP contribution in [0.25, 0.3) is 0 Å². The summed E-state index contributed by atoms with van der Waals surface area (Å²) in [4.78, 5) is 5.09. The largest absolute Gasteiger partial charge is 0.371 e. The van der Waals surface area contributed by atoms with Crippen molar-refractivity contribution in [3.05, 3.63) is 35.7 Å². The Morgan fingerprint density at radius 1 is 1.12 bits per heavy atom. The minimum Gasteiger partial charge on any atom is -0.371 e. The number of benzene rings is 1. The van der Waals surface area contributed by atoms with Gasteiger partial charge in [0.15, 0.2) is 5.82 Å². The van der Waals surface area contributed by atoms with E-state index in [1.807, 2.05) is 7.05 Å². The summed E-state index contributed by atoms with van der Waals surface area (Å²) in [6.07, 6.45) is 2.36. The van der Waals surface area contributed by atoms with Crippen LogP contribution in [-0.2, 0) is 11.8 Å². The van der Waals surface area contributed by atoms with E-state index in [9.17, 15) is 0 Å². The minimum atomic E-state index is -0.0249. The summed E-state index contributed by atoms with van der Waals surface area (Å²) in [5.41, 5.74) is 2.74. The summed E-state index contributed by atoms with van der Waals surface area (Å²) in [6, 6.07) is 9.30. The number of hydrogen-bond acceptors (Lipinski definition) is 6. The highest BCUT2D eigenvalue weighted by Gasteiger charge is 2.32. The first-order valence-electron chi connectivity index (χ1n) is 9.11. The molecule has 0 spiro atoms. The third-order valence-electron chi connectivity index (χ3n) is 5.48. The molecular formula is C18H26N6O. The van der Waals surface area contributed by atoms with Gasteiger partial charge in [-0.1, -0.05) is 18.2 Å². The van der Waals surface area contributed by atoms with Gasteiger partial charge in [-0.3, -0.25) is 4.90 Å². The fourth-order valence-corrected chi connectivity index (χ4v) is 4.06. The topological polar surface area (TPSA) is 59.3 Å². The molecule has 1 aromatic carbocycles. The van der Waals surface area contributed by atoms with Crippen LogP contribution in [0.4, 0.5) is 5.69 Å². The maximum atomic E-state index is 5.91. The Hall–Kier alpha value is -1.99. The van der Waals surface area contributed by atoms with Crippen LogP contribution in [0.2, 0.25) is 0 Å². The first kappa shape index (κ1) is 16.5. The van der Waals surface area contributed by atoms with Crippen LogP contribution < -0.4 is 4.90 Å². The van der Waals surface area contributed by atoms with Crippen LogP contribution >= 0.6 is 0 Å². The zero-order valence-electron chi connectivity index (χ0n) is 15.0. The lowest BCUT2D eigenvalue weighted by atomic mass is 10.0. The molecule has 0 radical (unpaired) electrons. The standard InChI is InChI=1S/C18H26N6O/c1-14-5-3-4-6-16(14)23-9-7-15(8-10-23)24-11-12-25-17(13-24)18-19-20-21-22(18)2/h3-6,15,17H,7-13H2,1-2H3. The van der Waals surface area contributed by atoms with Crippen molar-refractivity contribution in [2.24, 2.45) is 7.05 Å². The maximum absolute atomic E-state index is 5.91. The predicted molar refractivity (Wildman–Crippen MR) is 95.5 cm³/mol. The Bertz CT molecular complexity index is 709. The van der Waals surface area contributed by atoms with Crippen LogP contribution in [0.1, 0.15) is 30.3 Å². The maximum Gasteiger partial charge on any atom is 0.181 e. The number of rotatable bonds is 3. The molecule has 134 valence electrons. The fourth-order valence-electron chi connectivity index (χ4n) is 4.06. The van der Waals surface area contributed by atoms with E-state index in [2.05, 4.69) is 56.5 Å². The molecule has 7 nitrogen and oxygen atoms in total. The summed E-state index contributed by atoms with van der Waals surface area (Å²) in [5, 5.41) is 11.8. The first-order valence-corrected chi connectivity index (χ1v) is 9.11. The number of ether oxygens (including phenoxy) is 1. The van der Waals surface area contributed by atoms with Crippen molar-refractivity contribution >= 4 is 5.69 Å². The summed E-state index contributed by atoms with van der Waals surface area (Å²) in [6.45, 7) is 7.05. The lowest BCUT2D eigenvalue weighted by molar-refractivity contribution is -0.0534. The van der Waals surface area contributed by atoms with Crippen molar-refractivity contribution in [2.45, 2.75) is 31.9 Å². The lowest BCUT2D eigenvalue weighted by Crippen LogP contribution is -2.50. The molecule has 1 aromatic heterocycles. The van der Waals surface area contributed by atoms with Gasteiger partial charge in [-0.05, 0) is 41.8 Å². The second kappa shape index (κ2) is 7.09. The van der Waals surface area contributed by atoms with Gasteiger partial charge in [0.05, 0.1) is 6.61 Å². The number of para-hydroxylation sites is 1. The Morgan fingerprint density at radius 2 is 1.92 bits per heavy atom. The smallest absolute Gasteiger partial charge is 0.181 e. The van der Waals surface area contributed by atoms with Crippen molar-refractivity contribution in [1.29, 1.82) is 0 Å². The SMILES string of the molecule is Cc1ccccc1N1CCC(N2CCOC(c3nnnn3C)C2)CC1. The summed E-state index contributed by atoms with van der Waals surface area (Å²) >= 11 is 0. The molecule has 0 saturated carbocycles. The van der Waals surface area contributed by atoms with E-state index >= 15 is 0 Å². The van der Waals surface area contributed by atoms with Gasteiger partial charge >= 0.3 is 0 Å². The second-order valence-corrected chi connectivity index (χ2v) is 7.02. The number of aromatic nitrogens is 4. The van der Waals surface area contributed by atoms with E-state index < -0.39 is 0 Å². The normalized spacial score (nSPS) is 23.1. The average molecular weight is 342 g/mol. The van der Waals surface area contributed by atoms with Gasteiger partial charge < -0.3 is 9.64 Å². The third kappa shape index (κ3) is 3.39. The summed E-state index contributed by atoms with van der Waals surface area (Å²) < 4.78 is 7.63. The number of nitrogens with zero attached hydrogens (tertiary/aromatic N) is 6. The third-order valence-corrected chi connectivity index (χ3v) is 5.48. The quantitative estimate of drug-likeness (QED) is 0.844. The van der Waals surface area contributed by atoms with Crippen LogP contribution in [0.15, 0.2) is 24.3 Å². The molecule has 2 aliphatic heterocycles. The molecule has 0 amide bonds. The van der Waals surface area contributed by atoms with Crippen molar-refractivity contribution in [1.82, 2.24) is 25.1 Å². The molecule has 3 heterocycles.